The number of aromatic nitrogens is 1. The van der Waals surface area contributed by atoms with Crippen molar-refractivity contribution in [2.75, 3.05) is 6.61 Å². The first-order valence-corrected chi connectivity index (χ1v) is 7.08. The van der Waals surface area contributed by atoms with Gasteiger partial charge in [0.05, 0.1) is 0 Å². The Hall–Kier alpha value is -1.14. The van der Waals surface area contributed by atoms with Gasteiger partial charge in [0, 0.05) is 42.4 Å². The van der Waals surface area contributed by atoms with E-state index >= 15 is 0 Å². The Labute approximate surface area is 120 Å². The van der Waals surface area contributed by atoms with Gasteiger partial charge in [0.25, 0.3) is 5.56 Å². The second kappa shape index (κ2) is 8.12. The summed E-state index contributed by atoms with van der Waals surface area (Å²) in [6, 6.07) is 3.18. The molecule has 0 saturated carbocycles. The van der Waals surface area contributed by atoms with Crippen molar-refractivity contribution in [3.8, 4) is 0 Å². The summed E-state index contributed by atoms with van der Waals surface area (Å²) < 4.78 is 2.31. The average Bonchev–Trinajstić information content (AvgIpc) is 2.37. The van der Waals surface area contributed by atoms with Gasteiger partial charge >= 0.3 is 0 Å². The molecule has 0 aliphatic rings. The highest BCUT2D eigenvalue weighted by molar-refractivity contribution is 9.10. The lowest BCUT2D eigenvalue weighted by Gasteiger charge is -2.13. The van der Waals surface area contributed by atoms with Crippen molar-refractivity contribution >= 4 is 21.8 Å². The van der Waals surface area contributed by atoms with E-state index in [1.54, 1.807) is 12.3 Å². The smallest absolute Gasteiger partial charge is 0.250 e. The summed E-state index contributed by atoms with van der Waals surface area (Å²) in [5, 5.41) is 11.5. The summed E-state index contributed by atoms with van der Waals surface area (Å²) in [4.78, 5) is 23.2. The van der Waals surface area contributed by atoms with Crippen LogP contribution >= 0.6 is 15.9 Å². The molecule has 19 heavy (non-hydrogen) atoms. The molecule has 1 atom stereocenters. The number of aryl methyl sites for hydroxylation is 1. The first kappa shape index (κ1) is 15.9. The van der Waals surface area contributed by atoms with E-state index < -0.39 is 0 Å². The van der Waals surface area contributed by atoms with E-state index in [0.29, 0.717) is 13.0 Å². The van der Waals surface area contributed by atoms with E-state index in [0.717, 1.165) is 10.9 Å². The highest BCUT2D eigenvalue weighted by atomic mass is 79.9. The van der Waals surface area contributed by atoms with Crippen molar-refractivity contribution in [3.63, 3.8) is 0 Å². The number of hydrogen-bond donors (Lipinski definition) is 2. The maximum atomic E-state index is 11.7. The van der Waals surface area contributed by atoms with Gasteiger partial charge in [-0.15, -0.1) is 0 Å². The summed E-state index contributed by atoms with van der Waals surface area (Å²) in [5.41, 5.74) is -0.121. The zero-order valence-corrected chi connectivity index (χ0v) is 12.5. The lowest BCUT2D eigenvalue weighted by Crippen LogP contribution is -2.34. The van der Waals surface area contributed by atoms with Crippen LogP contribution in [0.1, 0.15) is 26.2 Å². The standard InChI is InChI=1S/C13H19BrN2O3/c1-10(3-2-8-17)15-12(18)6-7-16-9-11(14)4-5-13(16)19/h4-5,9-10,17H,2-3,6-8H2,1H3,(H,15,18). The molecule has 106 valence electrons. The minimum Gasteiger partial charge on any atom is -0.396 e. The van der Waals surface area contributed by atoms with E-state index in [2.05, 4.69) is 21.2 Å². The first-order chi connectivity index (χ1) is 9.02. The molecule has 1 unspecified atom stereocenters. The van der Waals surface area contributed by atoms with Crippen LogP contribution < -0.4 is 10.9 Å². The van der Waals surface area contributed by atoms with Gasteiger partial charge in [-0.1, -0.05) is 0 Å². The number of carbonyl (C=O) groups is 1. The monoisotopic (exact) mass is 330 g/mol. The molecule has 1 rings (SSSR count). The van der Waals surface area contributed by atoms with Gasteiger partial charge in [-0.25, -0.2) is 0 Å². The molecule has 1 aromatic rings. The van der Waals surface area contributed by atoms with E-state index in [1.165, 1.54) is 10.6 Å². The van der Waals surface area contributed by atoms with Crippen LogP contribution in [0.15, 0.2) is 27.6 Å². The van der Waals surface area contributed by atoms with Gasteiger partial charge in [-0.2, -0.15) is 0 Å². The molecule has 0 spiro atoms. The normalized spacial score (nSPS) is 12.2. The summed E-state index contributed by atoms with van der Waals surface area (Å²) in [6.07, 6.45) is 3.36. The fraction of sp³-hybridized carbons (Fsp3) is 0.538. The van der Waals surface area contributed by atoms with Gasteiger partial charge in [0.1, 0.15) is 0 Å². The molecule has 1 aromatic heterocycles. The zero-order chi connectivity index (χ0) is 14.3. The Kier molecular flexibility index (Phi) is 6.80. The van der Waals surface area contributed by atoms with Gasteiger partial charge in [0.2, 0.25) is 5.91 Å². The summed E-state index contributed by atoms with van der Waals surface area (Å²) in [6.45, 7) is 2.39. The lowest BCUT2D eigenvalue weighted by molar-refractivity contribution is -0.122. The van der Waals surface area contributed by atoms with Crippen molar-refractivity contribution in [3.05, 3.63) is 33.2 Å². The Morgan fingerprint density at radius 2 is 2.26 bits per heavy atom. The molecule has 0 bridgehead atoms. The number of carbonyl (C=O) groups excluding carboxylic acids is 1. The molecule has 2 N–H and O–H groups in total. The molecule has 1 heterocycles. The number of aliphatic hydroxyl groups excluding tert-OH is 1. The van der Waals surface area contributed by atoms with Gasteiger partial charge in [-0.05, 0) is 41.8 Å². The highest BCUT2D eigenvalue weighted by Gasteiger charge is 2.07. The van der Waals surface area contributed by atoms with Crippen LogP contribution in [0.5, 0.6) is 0 Å². The quantitative estimate of drug-likeness (QED) is 0.791. The van der Waals surface area contributed by atoms with Gasteiger partial charge in [-0.3, -0.25) is 9.59 Å². The summed E-state index contributed by atoms with van der Waals surface area (Å²) in [5.74, 6) is -0.0858. The second-order valence-corrected chi connectivity index (χ2v) is 5.38. The van der Waals surface area contributed by atoms with Crippen LogP contribution in [0.2, 0.25) is 0 Å². The van der Waals surface area contributed by atoms with Crippen LogP contribution in [-0.2, 0) is 11.3 Å². The Morgan fingerprint density at radius 1 is 1.53 bits per heavy atom. The maximum absolute atomic E-state index is 11.7. The van der Waals surface area contributed by atoms with Crippen molar-refractivity contribution in [1.82, 2.24) is 9.88 Å². The molecule has 1 amide bonds. The molecule has 0 fully saturated rings. The first-order valence-electron chi connectivity index (χ1n) is 6.29. The highest BCUT2D eigenvalue weighted by Crippen LogP contribution is 2.05. The Balaban J connectivity index is 2.41. The number of aliphatic hydroxyl groups is 1. The fourth-order valence-electron chi connectivity index (χ4n) is 1.72. The van der Waals surface area contributed by atoms with Crippen LogP contribution in [0.25, 0.3) is 0 Å². The SMILES string of the molecule is CC(CCCO)NC(=O)CCn1cc(Br)ccc1=O. The number of rotatable bonds is 7. The van der Waals surface area contributed by atoms with Crippen molar-refractivity contribution in [1.29, 1.82) is 0 Å². The molecule has 0 saturated heterocycles. The third-order valence-corrected chi connectivity index (χ3v) is 3.20. The molecule has 6 heteroatoms. The van der Waals surface area contributed by atoms with Crippen molar-refractivity contribution in [2.24, 2.45) is 0 Å². The van der Waals surface area contributed by atoms with Crippen molar-refractivity contribution in [2.45, 2.75) is 38.8 Å². The summed E-state index contributed by atoms with van der Waals surface area (Å²) >= 11 is 3.29. The van der Waals surface area contributed by atoms with Crippen LogP contribution in [-0.4, -0.2) is 28.2 Å². The number of halogens is 1. The zero-order valence-electron chi connectivity index (χ0n) is 10.9. The fourth-order valence-corrected chi connectivity index (χ4v) is 2.09. The number of hydrogen-bond acceptors (Lipinski definition) is 3. The molecule has 0 aliphatic carbocycles. The third-order valence-electron chi connectivity index (χ3n) is 2.73. The summed E-state index contributed by atoms with van der Waals surface area (Å²) in [7, 11) is 0. The molecule has 0 aliphatic heterocycles. The number of amides is 1. The van der Waals surface area contributed by atoms with Gasteiger partial charge < -0.3 is 15.0 Å². The van der Waals surface area contributed by atoms with E-state index in [-0.39, 0.29) is 30.5 Å². The minimum absolute atomic E-state index is 0.0406. The van der Waals surface area contributed by atoms with E-state index in [4.69, 9.17) is 5.11 Å². The number of nitrogens with one attached hydrogen (secondary N) is 1. The van der Waals surface area contributed by atoms with E-state index in [9.17, 15) is 9.59 Å². The predicted octanol–water partition coefficient (Wildman–Crippen LogP) is 1.28. The molecule has 0 radical (unpaired) electrons. The minimum atomic E-state index is -0.121. The second-order valence-electron chi connectivity index (χ2n) is 4.46. The lowest BCUT2D eigenvalue weighted by atomic mass is 10.2. The third kappa shape index (κ3) is 6.02. The molecular weight excluding hydrogens is 312 g/mol. The van der Waals surface area contributed by atoms with Crippen LogP contribution in [0.4, 0.5) is 0 Å². The Bertz CT molecular complexity index is 473. The average molecular weight is 331 g/mol. The molecule has 0 aromatic carbocycles. The topological polar surface area (TPSA) is 71.3 Å². The predicted molar refractivity (Wildman–Crippen MR) is 76.9 cm³/mol. The van der Waals surface area contributed by atoms with Crippen LogP contribution in [0, 0.1) is 0 Å². The maximum Gasteiger partial charge on any atom is 0.250 e. The van der Waals surface area contributed by atoms with Gasteiger partial charge in [0.15, 0.2) is 0 Å². The molecular formula is C13H19BrN2O3. The number of nitrogens with zero attached hydrogens (tertiary/aromatic N) is 1. The Morgan fingerprint density at radius 3 is 2.95 bits per heavy atom. The van der Waals surface area contributed by atoms with Crippen LogP contribution in [0.3, 0.4) is 0 Å². The number of pyridine rings is 1. The largest absolute Gasteiger partial charge is 0.396 e. The van der Waals surface area contributed by atoms with Crippen molar-refractivity contribution < 1.29 is 9.90 Å². The molecule has 5 nitrogen and oxygen atoms in total. The van der Waals surface area contributed by atoms with E-state index in [1.807, 2.05) is 6.92 Å².